The largest absolute Gasteiger partial charge is 0.309 e. The SMILES string of the molecule is c1ccc(-c2ccccc2N(c2ccc3ccccc3c2)c2cccc3c2-c2ccccc2C32CC3CCC2C3)cc1. The molecule has 6 aromatic rings. The van der Waals surface area contributed by atoms with Crippen molar-refractivity contribution in [3.05, 3.63) is 151 Å². The zero-order valence-electron chi connectivity index (χ0n) is 23.7. The highest BCUT2D eigenvalue weighted by Gasteiger charge is 2.57. The van der Waals surface area contributed by atoms with Crippen LogP contribution in [0.4, 0.5) is 17.1 Å². The van der Waals surface area contributed by atoms with Crippen LogP contribution < -0.4 is 4.90 Å². The van der Waals surface area contributed by atoms with Crippen LogP contribution >= 0.6 is 0 Å². The summed E-state index contributed by atoms with van der Waals surface area (Å²) in [5, 5.41) is 2.52. The highest BCUT2D eigenvalue weighted by molar-refractivity contribution is 5.99. The third-order valence-corrected chi connectivity index (χ3v) is 10.5. The molecule has 9 rings (SSSR count). The molecule has 0 heterocycles. The zero-order chi connectivity index (χ0) is 27.7. The van der Waals surface area contributed by atoms with E-state index in [1.165, 1.54) is 75.8 Å². The lowest BCUT2D eigenvalue weighted by Gasteiger charge is -2.37. The smallest absolute Gasteiger partial charge is 0.0543 e. The Balaban J connectivity index is 1.34. The molecule has 1 spiro atoms. The van der Waals surface area contributed by atoms with Crippen LogP contribution in [0.25, 0.3) is 33.0 Å². The van der Waals surface area contributed by atoms with Gasteiger partial charge >= 0.3 is 0 Å². The van der Waals surface area contributed by atoms with Gasteiger partial charge in [0, 0.05) is 22.2 Å². The highest BCUT2D eigenvalue weighted by atomic mass is 15.1. The van der Waals surface area contributed by atoms with Gasteiger partial charge in [0.15, 0.2) is 0 Å². The molecule has 1 nitrogen and oxygen atoms in total. The minimum Gasteiger partial charge on any atom is -0.309 e. The van der Waals surface area contributed by atoms with Crippen molar-refractivity contribution in [3.8, 4) is 22.3 Å². The third kappa shape index (κ3) is 3.37. The topological polar surface area (TPSA) is 3.24 Å². The van der Waals surface area contributed by atoms with E-state index in [0.29, 0.717) is 0 Å². The molecule has 42 heavy (non-hydrogen) atoms. The van der Waals surface area contributed by atoms with Gasteiger partial charge in [0.2, 0.25) is 0 Å². The predicted octanol–water partition coefficient (Wildman–Crippen LogP) is 11.1. The van der Waals surface area contributed by atoms with Crippen LogP contribution in [0.3, 0.4) is 0 Å². The molecule has 2 saturated carbocycles. The van der Waals surface area contributed by atoms with Crippen molar-refractivity contribution in [1.29, 1.82) is 0 Å². The normalized spacial score (nSPS) is 21.5. The van der Waals surface area contributed by atoms with Gasteiger partial charge in [-0.1, -0.05) is 122 Å². The number of hydrogen-bond acceptors (Lipinski definition) is 1. The van der Waals surface area contributed by atoms with Crippen molar-refractivity contribution in [2.24, 2.45) is 11.8 Å². The maximum absolute atomic E-state index is 2.54. The molecule has 3 aliphatic rings. The minimum absolute atomic E-state index is 0.152. The van der Waals surface area contributed by atoms with Crippen LogP contribution in [-0.4, -0.2) is 0 Å². The van der Waals surface area contributed by atoms with Gasteiger partial charge < -0.3 is 4.90 Å². The summed E-state index contributed by atoms with van der Waals surface area (Å²) < 4.78 is 0. The molecule has 3 unspecified atom stereocenters. The van der Waals surface area contributed by atoms with Crippen LogP contribution in [0.1, 0.15) is 36.8 Å². The first-order chi connectivity index (χ1) is 20.8. The van der Waals surface area contributed by atoms with Crippen LogP contribution in [0, 0.1) is 11.8 Å². The fraction of sp³-hybridized carbons (Fsp3) is 0.171. The summed E-state index contributed by atoms with van der Waals surface area (Å²) in [5.74, 6) is 1.60. The summed E-state index contributed by atoms with van der Waals surface area (Å²) >= 11 is 0. The Morgan fingerprint density at radius 2 is 1.26 bits per heavy atom. The molecule has 0 N–H and O–H groups in total. The quantitative estimate of drug-likeness (QED) is 0.215. The molecule has 3 atom stereocenters. The predicted molar refractivity (Wildman–Crippen MR) is 176 cm³/mol. The number of anilines is 3. The number of para-hydroxylation sites is 1. The monoisotopic (exact) mass is 539 g/mol. The number of benzene rings is 6. The Kier molecular flexibility index (Phi) is 5.26. The first-order valence-electron chi connectivity index (χ1n) is 15.5. The molecule has 202 valence electrons. The van der Waals surface area contributed by atoms with Crippen LogP contribution in [0.2, 0.25) is 0 Å². The lowest BCUT2D eigenvalue weighted by Crippen LogP contribution is -2.31. The fourth-order valence-electron chi connectivity index (χ4n) is 8.86. The van der Waals surface area contributed by atoms with E-state index in [9.17, 15) is 0 Å². The maximum Gasteiger partial charge on any atom is 0.0543 e. The van der Waals surface area contributed by atoms with Crippen LogP contribution in [0.15, 0.2) is 140 Å². The second kappa shape index (κ2) is 9.19. The van der Waals surface area contributed by atoms with Crippen molar-refractivity contribution < 1.29 is 0 Å². The highest BCUT2D eigenvalue weighted by Crippen LogP contribution is 2.67. The van der Waals surface area contributed by atoms with E-state index >= 15 is 0 Å². The molecular formula is C41H33N. The number of rotatable bonds is 4. The first kappa shape index (κ1) is 24.0. The van der Waals surface area contributed by atoms with Crippen molar-refractivity contribution >= 4 is 27.8 Å². The lowest BCUT2D eigenvalue weighted by atomic mass is 9.67. The molecular weight excluding hydrogens is 506 g/mol. The minimum atomic E-state index is 0.152. The molecule has 6 aromatic carbocycles. The van der Waals surface area contributed by atoms with E-state index in [2.05, 4.69) is 144 Å². The number of nitrogens with zero attached hydrogens (tertiary/aromatic N) is 1. The summed E-state index contributed by atoms with van der Waals surface area (Å²) in [6.45, 7) is 0. The standard InChI is InChI=1S/C41H33N/c1-2-12-30(13-3-1)34-15-7-9-19-38(34)42(33-24-22-29-11-4-5-14-31(29)26-33)39-20-10-18-37-40(39)35-16-6-8-17-36(35)41(37)27-28-21-23-32(41)25-28/h1-20,22,24,26,28,32H,21,23,25,27H2. The number of fused-ring (bicyclic) bond motifs is 9. The Morgan fingerprint density at radius 3 is 2.10 bits per heavy atom. The zero-order valence-corrected chi connectivity index (χ0v) is 23.7. The van der Waals surface area contributed by atoms with Gasteiger partial charge in [0.25, 0.3) is 0 Å². The molecule has 0 aromatic heterocycles. The van der Waals surface area contributed by atoms with Crippen LogP contribution in [-0.2, 0) is 5.41 Å². The summed E-state index contributed by atoms with van der Waals surface area (Å²) in [6.07, 6.45) is 5.43. The Morgan fingerprint density at radius 1 is 0.548 bits per heavy atom. The molecule has 2 fully saturated rings. The lowest BCUT2D eigenvalue weighted by molar-refractivity contribution is 0.327. The van der Waals surface area contributed by atoms with Gasteiger partial charge in [0.1, 0.15) is 0 Å². The van der Waals surface area contributed by atoms with Gasteiger partial charge in [-0.15, -0.1) is 0 Å². The van der Waals surface area contributed by atoms with E-state index in [-0.39, 0.29) is 5.41 Å². The van der Waals surface area contributed by atoms with Gasteiger partial charge in [0.05, 0.1) is 11.4 Å². The van der Waals surface area contributed by atoms with Crippen LogP contribution in [0.5, 0.6) is 0 Å². The van der Waals surface area contributed by atoms with E-state index in [1.807, 2.05) is 0 Å². The maximum atomic E-state index is 2.54. The molecule has 0 amide bonds. The average molecular weight is 540 g/mol. The third-order valence-electron chi connectivity index (χ3n) is 10.5. The van der Waals surface area contributed by atoms with Gasteiger partial charge in [-0.3, -0.25) is 0 Å². The Labute approximate surface area is 248 Å². The molecule has 2 bridgehead atoms. The molecule has 0 radical (unpaired) electrons. The van der Waals surface area contributed by atoms with Gasteiger partial charge in [-0.05, 0) is 88.4 Å². The second-order valence-corrected chi connectivity index (χ2v) is 12.5. The molecule has 0 saturated heterocycles. The summed E-state index contributed by atoms with van der Waals surface area (Å²) in [7, 11) is 0. The Hall–Kier alpha value is -4.62. The molecule has 3 aliphatic carbocycles. The summed E-state index contributed by atoms with van der Waals surface area (Å²) in [4.78, 5) is 2.54. The van der Waals surface area contributed by atoms with Gasteiger partial charge in [-0.2, -0.15) is 0 Å². The van der Waals surface area contributed by atoms with E-state index in [4.69, 9.17) is 0 Å². The van der Waals surface area contributed by atoms with Crippen molar-refractivity contribution in [1.82, 2.24) is 0 Å². The number of hydrogen-bond donors (Lipinski definition) is 0. The van der Waals surface area contributed by atoms with Gasteiger partial charge in [-0.25, -0.2) is 0 Å². The fourth-order valence-corrected chi connectivity index (χ4v) is 8.86. The summed E-state index contributed by atoms with van der Waals surface area (Å²) in [5.41, 5.74) is 12.3. The summed E-state index contributed by atoms with van der Waals surface area (Å²) in [6, 6.07) is 51.9. The molecule has 1 heteroatoms. The van der Waals surface area contributed by atoms with E-state index < -0.39 is 0 Å². The second-order valence-electron chi connectivity index (χ2n) is 12.5. The van der Waals surface area contributed by atoms with Crippen molar-refractivity contribution in [3.63, 3.8) is 0 Å². The van der Waals surface area contributed by atoms with Crippen molar-refractivity contribution in [2.75, 3.05) is 4.90 Å². The van der Waals surface area contributed by atoms with Crippen molar-refractivity contribution in [2.45, 2.75) is 31.1 Å². The first-order valence-corrected chi connectivity index (χ1v) is 15.5. The average Bonchev–Trinajstić information content (AvgIpc) is 3.75. The van der Waals surface area contributed by atoms with E-state index in [0.717, 1.165) is 11.8 Å². The Bertz CT molecular complexity index is 1970. The molecule has 0 aliphatic heterocycles. The van der Waals surface area contributed by atoms with E-state index in [1.54, 1.807) is 11.1 Å².